The van der Waals surface area contributed by atoms with Crippen LogP contribution in [0.5, 0.6) is 17.2 Å². The number of sulfonamides is 1. The van der Waals surface area contributed by atoms with Gasteiger partial charge in [0.2, 0.25) is 10.0 Å². The number of hydrogen-bond acceptors (Lipinski definition) is 9. The second-order valence-corrected chi connectivity index (χ2v) is 8.20. The number of amides is 1. The third-order valence-electron chi connectivity index (χ3n) is 4.15. The molecular formula is C19H22N4O8S. The molecule has 0 spiro atoms. The van der Waals surface area contributed by atoms with E-state index < -0.39 is 27.4 Å². The van der Waals surface area contributed by atoms with Crippen LogP contribution in [0, 0.1) is 10.1 Å². The molecule has 0 bridgehead atoms. The quantitative estimate of drug-likeness (QED) is 0.315. The first-order valence-corrected chi connectivity index (χ1v) is 10.8. The SMILES string of the molecule is COc1ccc(N(CC(=O)N/N=C/c2ccc(OC)c([N+](=O)[O-])c2)S(C)(=O)=O)c(OC)c1. The summed E-state index contributed by atoms with van der Waals surface area (Å²) < 4.78 is 40.7. The van der Waals surface area contributed by atoms with Gasteiger partial charge < -0.3 is 14.2 Å². The van der Waals surface area contributed by atoms with Crippen LogP contribution >= 0.6 is 0 Å². The fourth-order valence-electron chi connectivity index (χ4n) is 2.65. The highest BCUT2D eigenvalue weighted by atomic mass is 32.2. The smallest absolute Gasteiger partial charge is 0.311 e. The summed E-state index contributed by atoms with van der Waals surface area (Å²) in [6, 6.07) is 8.59. The van der Waals surface area contributed by atoms with Gasteiger partial charge in [0.05, 0.1) is 44.4 Å². The molecule has 1 amide bonds. The summed E-state index contributed by atoms with van der Waals surface area (Å²) in [4.78, 5) is 22.8. The molecule has 0 aliphatic heterocycles. The van der Waals surface area contributed by atoms with E-state index >= 15 is 0 Å². The highest BCUT2D eigenvalue weighted by molar-refractivity contribution is 7.92. The lowest BCUT2D eigenvalue weighted by Gasteiger charge is -2.23. The molecule has 0 saturated heterocycles. The molecule has 2 aromatic carbocycles. The Morgan fingerprint density at radius 2 is 1.81 bits per heavy atom. The molecule has 0 aliphatic carbocycles. The Bertz CT molecular complexity index is 1130. The van der Waals surface area contributed by atoms with Gasteiger partial charge in [0.1, 0.15) is 18.0 Å². The van der Waals surface area contributed by atoms with Crippen LogP contribution in [-0.2, 0) is 14.8 Å². The van der Waals surface area contributed by atoms with Crippen LogP contribution in [0.3, 0.4) is 0 Å². The number of carbonyl (C=O) groups is 1. The standard InChI is InChI=1S/C19H22N4O8S/c1-29-14-6-7-15(18(10-14)31-3)22(32(4,27)28)12-19(24)21-20-11-13-5-8-17(30-2)16(9-13)23(25)26/h5-11H,12H2,1-4H3,(H,21,24)/b20-11+. The zero-order valence-electron chi connectivity index (χ0n) is 17.8. The first-order chi connectivity index (χ1) is 15.1. The Balaban J connectivity index is 2.19. The molecule has 0 radical (unpaired) electrons. The minimum Gasteiger partial charge on any atom is -0.497 e. The molecule has 0 fully saturated rings. The molecule has 2 rings (SSSR count). The molecule has 2 aromatic rings. The number of nitro benzene ring substituents is 1. The van der Waals surface area contributed by atoms with Crippen molar-refractivity contribution >= 4 is 33.5 Å². The van der Waals surface area contributed by atoms with Gasteiger partial charge in [0, 0.05) is 17.7 Å². The average Bonchev–Trinajstić information content (AvgIpc) is 2.76. The minimum atomic E-state index is -3.85. The number of benzene rings is 2. The van der Waals surface area contributed by atoms with Gasteiger partial charge >= 0.3 is 5.69 Å². The van der Waals surface area contributed by atoms with Gasteiger partial charge in [-0.15, -0.1) is 0 Å². The normalized spacial score (nSPS) is 11.1. The lowest BCUT2D eigenvalue weighted by atomic mass is 10.2. The Hall–Kier alpha value is -3.87. The summed E-state index contributed by atoms with van der Waals surface area (Å²) in [5, 5.41) is 14.8. The van der Waals surface area contributed by atoms with Crippen molar-refractivity contribution in [2.24, 2.45) is 5.10 Å². The van der Waals surface area contributed by atoms with E-state index in [2.05, 4.69) is 10.5 Å². The number of hydrazone groups is 1. The molecule has 0 heterocycles. The lowest BCUT2D eigenvalue weighted by Crippen LogP contribution is -2.39. The molecule has 1 N–H and O–H groups in total. The van der Waals surface area contributed by atoms with Crippen molar-refractivity contribution < 1.29 is 32.3 Å². The number of anilines is 1. The molecule has 0 saturated carbocycles. The average molecular weight is 466 g/mol. The molecule has 12 nitrogen and oxygen atoms in total. The van der Waals surface area contributed by atoms with E-state index in [-0.39, 0.29) is 22.9 Å². The molecule has 0 unspecified atom stereocenters. The summed E-state index contributed by atoms with van der Waals surface area (Å²) in [6.45, 7) is -0.582. The van der Waals surface area contributed by atoms with Gasteiger partial charge in [0.15, 0.2) is 5.75 Å². The maximum absolute atomic E-state index is 12.3. The van der Waals surface area contributed by atoms with Crippen LogP contribution in [0.4, 0.5) is 11.4 Å². The Kier molecular flexibility index (Phi) is 7.96. The summed E-state index contributed by atoms with van der Waals surface area (Å²) in [5.74, 6) is -0.0284. The van der Waals surface area contributed by atoms with E-state index in [0.29, 0.717) is 11.3 Å². The van der Waals surface area contributed by atoms with Crippen LogP contribution < -0.4 is 23.9 Å². The van der Waals surface area contributed by atoms with Crippen molar-refractivity contribution in [2.45, 2.75) is 0 Å². The molecule has 0 aliphatic rings. The molecule has 13 heteroatoms. The maximum Gasteiger partial charge on any atom is 0.311 e. The fraction of sp³-hybridized carbons (Fsp3) is 0.263. The monoisotopic (exact) mass is 466 g/mol. The lowest BCUT2D eigenvalue weighted by molar-refractivity contribution is -0.385. The summed E-state index contributed by atoms with van der Waals surface area (Å²) in [7, 11) is 0.261. The first-order valence-electron chi connectivity index (χ1n) is 8.94. The Morgan fingerprint density at radius 3 is 2.38 bits per heavy atom. The number of hydrogen-bond donors (Lipinski definition) is 1. The number of rotatable bonds is 10. The number of carbonyl (C=O) groups excluding carboxylic acids is 1. The molecule has 0 aromatic heterocycles. The summed E-state index contributed by atoms with van der Waals surface area (Å²) >= 11 is 0. The predicted octanol–water partition coefficient (Wildman–Crippen LogP) is 1.54. The fourth-order valence-corrected chi connectivity index (χ4v) is 3.51. The maximum atomic E-state index is 12.3. The largest absolute Gasteiger partial charge is 0.497 e. The van der Waals surface area contributed by atoms with Crippen LogP contribution in [0.15, 0.2) is 41.5 Å². The van der Waals surface area contributed by atoms with Crippen molar-refractivity contribution in [1.29, 1.82) is 0 Å². The van der Waals surface area contributed by atoms with E-state index in [9.17, 15) is 23.3 Å². The first kappa shape index (κ1) is 24.4. The van der Waals surface area contributed by atoms with E-state index in [0.717, 1.165) is 10.6 Å². The van der Waals surface area contributed by atoms with Crippen molar-refractivity contribution in [1.82, 2.24) is 5.43 Å². The number of methoxy groups -OCH3 is 3. The topological polar surface area (TPSA) is 150 Å². The minimum absolute atomic E-state index is 0.0772. The van der Waals surface area contributed by atoms with E-state index in [4.69, 9.17) is 14.2 Å². The summed E-state index contributed by atoms with van der Waals surface area (Å²) in [6.07, 6.45) is 2.13. The second kappa shape index (κ2) is 10.4. The van der Waals surface area contributed by atoms with Gasteiger partial charge in [-0.2, -0.15) is 5.10 Å². The van der Waals surface area contributed by atoms with Crippen LogP contribution in [0.1, 0.15) is 5.56 Å². The zero-order valence-corrected chi connectivity index (χ0v) is 18.6. The van der Waals surface area contributed by atoms with Crippen LogP contribution in [0.25, 0.3) is 0 Å². The molecule has 172 valence electrons. The third kappa shape index (κ3) is 6.07. The van der Waals surface area contributed by atoms with Crippen molar-refractivity contribution in [3.05, 3.63) is 52.1 Å². The predicted molar refractivity (Wildman–Crippen MR) is 117 cm³/mol. The van der Waals surface area contributed by atoms with Gasteiger partial charge in [0.25, 0.3) is 5.91 Å². The number of nitro groups is 1. The van der Waals surface area contributed by atoms with Crippen LogP contribution in [0.2, 0.25) is 0 Å². The zero-order chi connectivity index (χ0) is 23.9. The Morgan fingerprint density at radius 1 is 1.12 bits per heavy atom. The summed E-state index contributed by atoms with van der Waals surface area (Å²) in [5.41, 5.74) is 2.40. The van der Waals surface area contributed by atoms with Crippen molar-refractivity contribution in [3.63, 3.8) is 0 Å². The Labute approximate surface area is 184 Å². The number of nitrogens with one attached hydrogen (secondary N) is 1. The molecule has 0 atom stereocenters. The van der Waals surface area contributed by atoms with Gasteiger partial charge in [-0.05, 0) is 24.3 Å². The second-order valence-electron chi connectivity index (χ2n) is 6.29. The number of nitrogens with zero attached hydrogens (tertiary/aromatic N) is 3. The van der Waals surface area contributed by atoms with Crippen molar-refractivity contribution in [3.8, 4) is 17.2 Å². The van der Waals surface area contributed by atoms with E-state index in [1.807, 2.05) is 0 Å². The van der Waals surface area contributed by atoms with Gasteiger partial charge in [-0.1, -0.05) is 0 Å². The van der Waals surface area contributed by atoms with Crippen molar-refractivity contribution in [2.75, 3.05) is 38.4 Å². The molecular weight excluding hydrogens is 444 g/mol. The van der Waals surface area contributed by atoms with Gasteiger partial charge in [-0.25, -0.2) is 13.8 Å². The van der Waals surface area contributed by atoms with E-state index in [1.165, 1.54) is 63.9 Å². The number of ether oxygens (including phenoxy) is 3. The molecule has 32 heavy (non-hydrogen) atoms. The highest BCUT2D eigenvalue weighted by Gasteiger charge is 2.24. The third-order valence-corrected chi connectivity index (χ3v) is 5.27. The highest BCUT2D eigenvalue weighted by Crippen LogP contribution is 2.33. The van der Waals surface area contributed by atoms with Gasteiger partial charge in [-0.3, -0.25) is 19.2 Å². The van der Waals surface area contributed by atoms with Crippen LogP contribution in [-0.4, -0.2) is 59.6 Å². The van der Waals surface area contributed by atoms with E-state index in [1.54, 1.807) is 0 Å².